The predicted octanol–water partition coefficient (Wildman–Crippen LogP) is 1.74. The van der Waals surface area contributed by atoms with Crippen LogP contribution in [0.1, 0.15) is 12.8 Å². The molecule has 6 heteroatoms. The quantitative estimate of drug-likeness (QED) is 0.840. The van der Waals surface area contributed by atoms with Gasteiger partial charge in [-0.15, -0.1) is 12.4 Å². The summed E-state index contributed by atoms with van der Waals surface area (Å²) >= 11 is 0. The van der Waals surface area contributed by atoms with Crippen molar-refractivity contribution in [2.45, 2.75) is 18.9 Å². The number of amides is 1. The van der Waals surface area contributed by atoms with Gasteiger partial charge in [-0.2, -0.15) is 0 Å². The van der Waals surface area contributed by atoms with E-state index < -0.39 is 0 Å². The van der Waals surface area contributed by atoms with Crippen molar-refractivity contribution >= 4 is 24.0 Å². The van der Waals surface area contributed by atoms with Crippen LogP contribution in [0.5, 0.6) is 5.75 Å². The molecule has 118 valence electrons. The fourth-order valence-corrected chi connectivity index (χ4v) is 2.63. The third kappa shape index (κ3) is 5.19. The van der Waals surface area contributed by atoms with Crippen molar-refractivity contribution in [1.29, 1.82) is 0 Å². The van der Waals surface area contributed by atoms with Crippen molar-refractivity contribution in [2.24, 2.45) is 0 Å². The molecule has 1 saturated heterocycles. The number of carbonyl (C=O) groups is 1. The van der Waals surface area contributed by atoms with E-state index in [2.05, 4.69) is 15.5 Å². The highest BCUT2D eigenvalue weighted by Gasteiger charge is 2.25. The molecule has 0 spiro atoms. The van der Waals surface area contributed by atoms with Crippen LogP contribution in [0.15, 0.2) is 24.3 Å². The van der Waals surface area contributed by atoms with Crippen molar-refractivity contribution in [3.63, 3.8) is 0 Å². The average molecular weight is 314 g/mol. The molecule has 1 atom stereocenters. The van der Waals surface area contributed by atoms with E-state index in [0.717, 1.165) is 30.9 Å². The summed E-state index contributed by atoms with van der Waals surface area (Å²) in [6.45, 7) is 2.40. The summed E-state index contributed by atoms with van der Waals surface area (Å²) in [4.78, 5) is 14.3. The van der Waals surface area contributed by atoms with E-state index in [1.54, 1.807) is 7.11 Å². The largest absolute Gasteiger partial charge is 0.497 e. The van der Waals surface area contributed by atoms with Crippen LogP contribution in [0.2, 0.25) is 0 Å². The predicted molar refractivity (Wildman–Crippen MR) is 87.4 cm³/mol. The third-order valence-corrected chi connectivity index (χ3v) is 3.66. The van der Waals surface area contributed by atoms with Crippen molar-refractivity contribution in [3.05, 3.63) is 24.3 Å². The van der Waals surface area contributed by atoms with Gasteiger partial charge in [-0.25, -0.2) is 0 Å². The number of anilines is 1. The topological polar surface area (TPSA) is 53.6 Å². The van der Waals surface area contributed by atoms with Crippen molar-refractivity contribution < 1.29 is 9.53 Å². The molecule has 0 aliphatic carbocycles. The monoisotopic (exact) mass is 313 g/mol. The standard InChI is InChI=1S/C15H23N3O2.ClH/c1-16-10-13-4-3-9-18(13)11-15(19)17-12-5-7-14(20-2)8-6-12;/h5-8,13,16H,3-4,9-11H2,1-2H3,(H,17,19);1H. The lowest BCUT2D eigenvalue weighted by atomic mass is 10.2. The van der Waals surface area contributed by atoms with E-state index in [0.29, 0.717) is 12.6 Å². The van der Waals surface area contributed by atoms with Gasteiger partial charge in [0.25, 0.3) is 0 Å². The molecule has 1 heterocycles. The number of halogens is 1. The van der Waals surface area contributed by atoms with Crippen LogP contribution >= 0.6 is 12.4 Å². The van der Waals surface area contributed by atoms with Gasteiger partial charge in [-0.1, -0.05) is 0 Å². The lowest BCUT2D eigenvalue weighted by Crippen LogP contribution is -2.41. The Morgan fingerprint density at radius 3 is 2.71 bits per heavy atom. The first-order valence-corrected chi connectivity index (χ1v) is 7.05. The average Bonchev–Trinajstić information content (AvgIpc) is 2.87. The molecule has 5 nitrogen and oxygen atoms in total. The normalized spacial score (nSPS) is 18.1. The molecule has 1 amide bonds. The van der Waals surface area contributed by atoms with Crippen LogP contribution < -0.4 is 15.4 Å². The number of likely N-dealkylation sites (tertiary alicyclic amines) is 1. The van der Waals surface area contributed by atoms with E-state index in [1.807, 2.05) is 31.3 Å². The Balaban J connectivity index is 0.00000220. The summed E-state index contributed by atoms with van der Waals surface area (Å²) in [5.74, 6) is 0.829. The summed E-state index contributed by atoms with van der Waals surface area (Å²) in [6, 6.07) is 7.86. The number of nitrogens with zero attached hydrogens (tertiary/aromatic N) is 1. The summed E-state index contributed by atoms with van der Waals surface area (Å²) in [6.07, 6.45) is 2.33. The Morgan fingerprint density at radius 1 is 1.38 bits per heavy atom. The maximum absolute atomic E-state index is 12.1. The van der Waals surface area contributed by atoms with Crippen molar-refractivity contribution in [3.8, 4) is 5.75 Å². The highest BCUT2D eigenvalue weighted by atomic mass is 35.5. The molecule has 0 aromatic heterocycles. The SMILES string of the molecule is CNCC1CCCN1CC(=O)Nc1ccc(OC)cc1.Cl. The number of rotatable bonds is 6. The molecule has 21 heavy (non-hydrogen) atoms. The van der Waals surface area contributed by atoms with Crippen LogP contribution in [-0.2, 0) is 4.79 Å². The van der Waals surface area contributed by atoms with E-state index in [4.69, 9.17) is 4.74 Å². The number of carbonyl (C=O) groups excluding carboxylic acids is 1. The highest BCUT2D eigenvalue weighted by Crippen LogP contribution is 2.17. The zero-order valence-electron chi connectivity index (χ0n) is 12.6. The second kappa shape index (κ2) is 8.87. The van der Waals surface area contributed by atoms with Crippen molar-refractivity contribution in [1.82, 2.24) is 10.2 Å². The summed E-state index contributed by atoms with van der Waals surface area (Å²) in [5.41, 5.74) is 0.806. The zero-order valence-corrected chi connectivity index (χ0v) is 13.4. The van der Waals surface area contributed by atoms with Crippen LogP contribution in [0.3, 0.4) is 0 Å². The second-order valence-electron chi connectivity index (χ2n) is 5.10. The fraction of sp³-hybridized carbons (Fsp3) is 0.533. The molecule has 0 saturated carbocycles. The van der Waals surface area contributed by atoms with Crippen LogP contribution in [0, 0.1) is 0 Å². The smallest absolute Gasteiger partial charge is 0.238 e. The van der Waals surface area contributed by atoms with Crippen molar-refractivity contribution in [2.75, 3.05) is 39.1 Å². The van der Waals surface area contributed by atoms with Crippen LogP contribution in [-0.4, -0.2) is 50.6 Å². The minimum Gasteiger partial charge on any atom is -0.497 e. The molecule has 1 unspecified atom stereocenters. The van der Waals surface area contributed by atoms with Gasteiger partial charge in [0, 0.05) is 18.3 Å². The van der Waals surface area contributed by atoms with E-state index >= 15 is 0 Å². The molecule has 1 fully saturated rings. The number of ether oxygens (including phenoxy) is 1. The number of nitrogens with one attached hydrogen (secondary N) is 2. The molecule has 1 aliphatic rings. The van der Waals surface area contributed by atoms with Gasteiger partial charge in [0.2, 0.25) is 5.91 Å². The van der Waals surface area contributed by atoms with Gasteiger partial charge in [0.05, 0.1) is 13.7 Å². The zero-order chi connectivity index (χ0) is 14.4. The molecule has 2 N–H and O–H groups in total. The first-order chi connectivity index (χ1) is 9.72. The van der Waals surface area contributed by atoms with Gasteiger partial charge < -0.3 is 15.4 Å². The molecule has 2 rings (SSSR count). The van der Waals surface area contributed by atoms with Gasteiger partial charge in [0.1, 0.15) is 5.75 Å². The molecule has 1 aromatic carbocycles. The molecule has 1 aliphatic heterocycles. The van der Waals surface area contributed by atoms with Crippen LogP contribution in [0.4, 0.5) is 5.69 Å². The van der Waals surface area contributed by atoms with Gasteiger partial charge in [-0.05, 0) is 50.7 Å². The van der Waals surface area contributed by atoms with E-state index in [1.165, 1.54) is 6.42 Å². The first kappa shape index (κ1) is 17.8. The fourth-order valence-electron chi connectivity index (χ4n) is 2.63. The number of likely N-dealkylation sites (N-methyl/N-ethyl adjacent to an activating group) is 1. The number of methoxy groups -OCH3 is 1. The molecular formula is C15H24ClN3O2. The van der Waals surface area contributed by atoms with E-state index in [-0.39, 0.29) is 18.3 Å². The minimum atomic E-state index is 0. The van der Waals surface area contributed by atoms with Crippen LogP contribution in [0.25, 0.3) is 0 Å². The third-order valence-electron chi connectivity index (χ3n) is 3.66. The van der Waals surface area contributed by atoms with Gasteiger partial charge in [0.15, 0.2) is 0 Å². The molecule has 1 aromatic rings. The Morgan fingerprint density at radius 2 is 2.10 bits per heavy atom. The lowest BCUT2D eigenvalue weighted by Gasteiger charge is -2.23. The maximum atomic E-state index is 12.1. The summed E-state index contributed by atoms with van der Waals surface area (Å²) in [5, 5.41) is 6.11. The number of benzene rings is 1. The Labute approximate surface area is 132 Å². The molecule has 0 radical (unpaired) electrons. The number of hydrogen-bond donors (Lipinski definition) is 2. The first-order valence-electron chi connectivity index (χ1n) is 7.05. The molecule has 0 bridgehead atoms. The lowest BCUT2D eigenvalue weighted by molar-refractivity contribution is -0.117. The Bertz CT molecular complexity index is 439. The van der Waals surface area contributed by atoms with Gasteiger partial charge >= 0.3 is 0 Å². The Kier molecular flexibility index (Phi) is 7.50. The Hall–Kier alpha value is -1.30. The highest BCUT2D eigenvalue weighted by molar-refractivity contribution is 5.92. The summed E-state index contributed by atoms with van der Waals surface area (Å²) in [7, 11) is 3.58. The second-order valence-corrected chi connectivity index (χ2v) is 5.10. The summed E-state index contributed by atoms with van der Waals surface area (Å²) < 4.78 is 5.09. The maximum Gasteiger partial charge on any atom is 0.238 e. The number of hydrogen-bond acceptors (Lipinski definition) is 4. The minimum absolute atomic E-state index is 0. The molecular weight excluding hydrogens is 290 g/mol. The van der Waals surface area contributed by atoms with E-state index in [9.17, 15) is 4.79 Å². The van der Waals surface area contributed by atoms with Gasteiger partial charge in [-0.3, -0.25) is 9.69 Å².